The Balaban J connectivity index is 4.23. The molecule has 0 bridgehead atoms. The zero-order chi connectivity index (χ0) is 55.7. The molecule has 6 heteroatoms. The highest BCUT2D eigenvalue weighted by molar-refractivity contribution is 5.71. The highest BCUT2D eigenvalue weighted by Crippen LogP contribution is 2.16. The van der Waals surface area contributed by atoms with Gasteiger partial charge in [0.25, 0.3) is 0 Å². The molecule has 442 valence electrons. The Bertz CT molecular complexity index is 1510. The molecule has 1 unspecified atom stereocenters. The van der Waals surface area contributed by atoms with Crippen molar-refractivity contribution >= 4 is 17.9 Å². The monoisotopic (exact) mass is 1070 g/mol. The van der Waals surface area contributed by atoms with Crippen LogP contribution < -0.4 is 0 Å². The van der Waals surface area contributed by atoms with Gasteiger partial charge in [0.1, 0.15) is 13.2 Å². The minimum Gasteiger partial charge on any atom is -0.462 e. The first-order valence-electron chi connectivity index (χ1n) is 32.7. The molecule has 0 spiro atoms. The summed E-state index contributed by atoms with van der Waals surface area (Å²) in [5.74, 6) is -0.885. The second kappa shape index (κ2) is 64.9. The van der Waals surface area contributed by atoms with Gasteiger partial charge in [0.2, 0.25) is 0 Å². The van der Waals surface area contributed by atoms with E-state index >= 15 is 0 Å². The van der Waals surface area contributed by atoms with Crippen LogP contribution in [-0.4, -0.2) is 37.2 Å². The number of allylic oxidation sites excluding steroid dienone is 16. The first-order chi connectivity index (χ1) is 38.0. The van der Waals surface area contributed by atoms with Crippen molar-refractivity contribution in [3.63, 3.8) is 0 Å². The van der Waals surface area contributed by atoms with Gasteiger partial charge in [-0.3, -0.25) is 14.4 Å². The van der Waals surface area contributed by atoms with Crippen molar-refractivity contribution < 1.29 is 28.6 Å². The van der Waals surface area contributed by atoms with E-state index in [2.05, 4.69) is 118 Å². The molecule has 0 aromatic rings. The highest BCUT2D eigenvalue weighted by atomic mass is 16.6. The Labute approximate surface area is 477 Å². The summed E-state index contributed by atoms with van der Waals surface area (Å²) in [4.78, 5) is 38.3. The maximum Gasteiger partial charge on any atom is 0.306 e. The number of esters is 3. The van der Waals surface area contributed by atoms with E-state index in [0.717, 1.165) is 122 Å². The average molecular weight is 1070 g/mol. The summed E-state index contributed by atoms with van der Waals surface area (Å²) in [6.45, 7) is 6.52. The fourth-order valence-electron chi connectivity index (χ4n) is 9.18. The zero-order valence-corrected chi connectivity index (χ0v) is 50.7. The van der Waals surface area contributed by atoms with Crippen LogP contribution in [0.5, 0.6) is 0 Å². The van der Waals surface area contributed by atoms with Crippen molar-refractivity contribution in [3.05, 3.63) is 97.2 Å². The van der Waals surface area contributed by atoms with Gasteiger partial charge in [0, 0.05) is 19.3 Å². The zero-order valence-electron chi connectivity index (χ0n) is 50.7. The topological polar surface area (TPSA) is 78.9 Å². The molecule has 0 N–H and O–H groups in total. The molecular formula is C71H122O6. The molecule has 0 aromatic heterocycles. The van der Waals surface area contributed by atoms with Gasteiger partial charge in [-0.25, -0.2) is 0 Å². The fraction of sp³-hybridized carbons (Fsp3) is 0.732. The van der Waals surface area contributed by atoms with Crippen LogP contribution in [-0.2, 0) is 28.6 Å². The molecule has 0 aliphatic carbocycles. The molecule has 0 aliphatic rings. The third kappa shape index (κ3) is 63.0. The molecule has 6 nitrogen and oxygen atoms in total. The summed E-state index contributed by atoms with van der Waals surface area (Å²) in [7, 11) is 0. The molecule has 0 heterocycles. The van der Waals surface area contributed by atoms with Gasteiger partial charge in [-0.15, -0.1) is 0 Å². The van der Waals surface area contributed by atoms with E-state index in [0.29, 0.717) is 19.3 Å². The molecule has 0 aromatic carbocycles. The minimum absolute atomic E-state index is 0.0799. The van der Waals surface area contributed by atoms with Gasteiger partial charge in [0.15, 0.2) is 6.10 Å². The summed E-state index contributed by atoms with van der Waals surface area (Å²) in [6.07, 6.45) is 87.0. The lowest BCUT2D eigenvalue weighted by atomic mass is 10.0. The summed E-state index contributed by atoms with van der Waals surface area (Å²) >= 11 is 0. The SMILES string of the molecule is CC/C=C\C/C=C\C/C=C\C/C=C\C/C=C\C/C=C\CCCCCCCCCCCCCCC(=O)OCC(COC(=O)CCCCCCCCCCCCCC)OC(=O)CCCCCCC/C=C\C/C=C\CCCCCC. The van der Waals surface area contributed by atoms with Gasteiger partial charge >= 0.3 is 17.9 Å². The quantitative estimate of drug-likeness (QED) is 0.0261. The molecule has 0 saturated heterocycles. The lowest BCUT2D eigenvalue weighted by Gasteiger charge is -2.18. The van der Waals surface area contributed by atoms with Crippen molar-refractivity contribution in [2.45, 2.75) is 322 Å². The van der Waals surface area contributed by atoms with E-state index in [4.69, 9.17) is 14.2 Å². The average Bonchev–Trinajstić information content (AvgIpc) is 3.43. The van der Waals surface area contributed by atoms with Crippen LogP contribution in [0.15, 0.2) is 97.2 Å². The number of hydrogen-bond donors (Lipinski definition) is 0. The molecule has 1 atom stereocenters. The second-order valence-electron chi connectivity index (χ2n) is 21.6. The van der Waals surface area contributed by atoms with Crippen molar-refractivity contribution in [1.82, 2.24) is 0 Å². The second-order valence-corrected chi connectivity index (χ2v) is 21.6. The minimum atomic E-state index is -0.784. The van der Waals surface area contributed by atoms with Crippen LogP contribution in [0.4, 0.5) is 0 Å². The Morgan fingerprint density at radius 3 is 0.805 bits per heavy atom. The van der Waals surface area contributed by atoms with Crippen molar-refractivity contribution in [2.24, 2.45) is 0 Å². The number of rotatable bonds is 59. The maximum atomic E-state index is 12.9. The summed E-state index contributed by atoms with van der Waals surface area (Å²) < 4.78 is 16.9. The normalized spacial score (nSPS) is 12.7. The highest BCUT2D eigenvalue weighted by Gasteiger charge is 2.19. The van der Waals surface area contributed by atoms with E-state index in [-0.39, 0.29) is 31.1 Å². The van der Waals surface area contributed by atoms with Gasteiger partial charge in [-0.05, 0) is 103 Å². The third-order valence-electron chi connectivity index (χ3n) is 14.1. The van der Waals surface area contributed by atoms with Crippen molar-refractivity contribution in [2.75, 3.05) is 13.2 Å². The van der Waals surface area contributed by atoms with Crippen molar-refractivity contribution in [3.8, 4) is 0 Å². The van der Waals surface area contributed by atoms with Crippen LogP contribution in [0.3, 0.4) is 0 Å². The van der Waals surface area contributed by atoms with Crippen LogP contribution in [0.2, 0.25) is 0 Å². The first kappa shape index (κ1) is 73.3. The van der Waals surface area contributed by atoms with Crippen LogP contribution in [0, 0.1) is 0 Å². The number of carbonyl (C=O) groups is 3. The molecule has 77 heavy (non-hydrogen) atoms. The van der Waals surface area contributed by atoms with Crippen LogP contribution in [0.25, 0.3) is 0 Å². The molecule has 0 amide bonds. The summed E-state index contributed by atoms with van der Waals surface area (Å²) in [6, 6.07) is 0. The van der Waals surface area contributed by atoms with E-state index in [1.165, 1.54) is 154 Å². The lowest BCUT2D eigenvalue weighted by molar-refractivity contribution is -0.167. The standard InChI is InChI=1S/C71H122O6/c1-4-7-10-13-16-19-22-25-27-29-30-31-32-33-34-35-36-37-38-39-40-41-42-43-45-46-49-52-55-58-61-64-70(73)76-67-68(66-75-69(72)63-60-57-54-51-48-24-21-18-15-12-9-6-3)77-71(74)65-62-59-56-53-50-47-44-28-26-23-20-17-14-11-8-5-2/h7,10,16,19-20,23,25,27-28,30-31,33-34,36-37,44,68H,4-6,8-9,11-15,17-18,21-22,24,26,29,32,35,38-43,45-67H2,1-3H3/b10-7-,19-16-,23-20-,27-25-,31-30-,34-33-,37-36-,44-28-. The Hall–Kier alpha value is -3.67. The first-order valence-corrected chi connectivity index (χ1v) is 32.7. The Morgan fingerprint density at radius 1 is 0.273 bits per heavy atom. The molecule has 0 fully saturated rings. The van der Waals surface area contributed by atoms with Gasteiger partial charge < -0.3 is 14.2 Å². The summed E-state index contributed by atoms with van der Waals surface area (Å²) in [5.41, 5.74) is 0. The van der Waals surface area contributed by atoms with E-state index < -0.39 is 6.10 Å². The van der Waals surface area contributed by atoms with Gasteiger partial charge in [-0.2, -0.15) is 0 Å². The van der Waals surface area contributed by atoms with E-state index in [9.17, 15) is 14.4 Å². The summed E-state index contributed by atoms with van der Waals surface area (Å²) in [5, 5.41) is 0. The van der Waals surface area contributed by atoms with Crippen LogP contribution >= 0.6 is 0 Å². The van der Waals surface area contributed by atoms with E-state index in [1.807, 2.05) is 0 Å². The molecule has 0 aliphatic heterocycles. The number of hydrogen-bond acceptors (Lipinski definition) is 6. The van der Waals surface area contributed by atoms with Gasteiger partial charge in [-0.1, -0.05) is 291 Å². The largest absolute Gasteiger partial charge is 0.462 e. The fourth-order valence-corrected chi connectivity index (χ4v) is 9.18. The Morgan fingerprint density at radius 2 is 0.506 bits per heavy atom. The van der Waals surface area contributed by atoms with Gasteiger partial charge in [0.05, 0.1) is 0 Å². The smallest absolute Gasteiger partial charge is 0.306 e. The third-order valence-corrected chi connectivity index (χ3v) is 14.1. The van der Waals surface area contributed by atoms with Crippen LogP contribution in [0.1, 0.15) is 316 Å². The Kier molecular flexibility index (Phi) is 61.8. The molecule has 0 rings (SSSR count). The number of unbranched alkanes of at least 4 members (excludes halogenated alkanes) is 32. The molecule has 0 radical (unpaired) electrons. The number of ether oxygens (including phenoxy) is 3. The van der Waals surface area contributed by atoms with Crippen molar-refractivity contribution in [1.29, 1.82) is 0 Å². The number of carbonyl (C=O) groups excluding carboxylic acids is 3. The lowest BCUT2D eigenvalue weighted by Crippen LogP contribution is -2.30. The molecule has 0 saturated carbocycles. The predicted octanol–water partition coefficient (Wildman–Crippen LogP) is 22.4. The predicted molar refractivity (Wildman–Crippen MR) is 334 cm³/mol. The maximum absolute atomic E-state index is 12.9. The van der Waals surface area contributed by atoms with E-state index in [1.54, 1.807) is 0 Å². The molecular weight excluding hydrogens is 949 g/mol.